The van der Waals surface area contributed by atoms with Crippen LogP contribution < -0.4 is 10.5 Å². The molecule has 0 bridgehead atoms. The minimum atomic E-state index is -0.510. The van der Waals surface area contributed by atoms with Crippen LogP contribution in [-0.2, 0) is 0 Å². The first kappa shape index (κ1) is 12.0. The summed E-state index contributed by atoms with van der Waals surface area (Å²) in [5, 5.41) is 8.97. The molecule has 0 saturated heterocycles. The molecular weight excluding hydrogens is 233 g/mol. The van der Waals surface area contributed by atoms with Gasteiger partial charge in [0.15, 0.2) is 11.6 Å². The van der Waals surface area contributed by atoms with Crippen molar-refractivity contribution in [3.63, 3.8) is 0 Å². The first-order valence-electron chi connectivity index (χ1n) is 5.47. The summed E-state index contributed by atoms with van der Waals surface area (Å²) in [7, 11) is 0. The van der Waals surface area contributed by atoms with Crippen LogP contribution in [0.5, 0.6) is 5.75 Å². The van der Waals surface area contributed by atoms with E-state index in [1.807, 2.05) is 6.07 Å². The summed E-state index contributed by atoms with van der Waals surface area (Å²) >= 11 is 0. The predicted molar refractivity (Wildman–Crippen MR) is 66.0 cm³/mol. The van der Waals surface area contributed by atoms with Gasteiger partial charge in [-0.3, -0.25) is 0 Å². The third kappa shape index (κ3) is 2.00. The highest BCUT2D eigenvalue weighted by Gasteiger charge is 2.12. The first-order chi connectivity index (χ1) is 8.67. The van der Waals surface area contributed by atoms with Gasteiger partial charge < -0.3 is 15.0 Å². The summed E-state index contributed by atoms with van der Waals surface area (Å²) < 4.78 is 20.3. The van der Waals surface area contributed by atoms with E-state index in [1.54, 1.807) is 29.8 Å². The highest BCUT2D eigenvalue weighted by atomic mass is 19.1. The summed E-state index contributed by atoms with van der Waals surface area (Å²) in [4.78, 5) is 0. The molecule has 2 rings (SSSR count). The topological polar surface area (TPSA) is 64.0 Å². The standard InChI is InChI=1S/C13H12FN3O/c1-2-18-13-7-12(11(16)6-10(13)14)17-5-3-4-9(17)8-15/h3-7H,2,16H2,1H3. The highest BCUT2D eigenvalue weighted by molar-refractivity contribution is 5.62. The number of nitriles is 1. The fourth-order valence-electron chi connectivity index (χ4n) is 1.71. The summed E-state index contributed by atoms with van der Waals surface area (Å²) in [6.07, 6.45) is 1.69. The van der Waals surface area contributed by atoms with Crippen LogP contribution in [0, 0.1) is 17.1 Å². The Kier molecular flexibility index (Phi) is 3.20. The molecule has 0 aliphatic carbocycles. The van der Waals surface area contributed by atoms with Crippen molar-refractivity contribution in [1.82, 2.24) is 4.57 Å². The summed E-state index contributed by atoms with van der Waals surface area (Å²) in [5.74, 6) is -0.386. The van der Waals surface area contributed by atoms with Crippen LogP contribution in [0.1, 0.15) is 12.6 Å². The maximum absolute atomic E-state index is 13.6. The van der Waals surface area contributed by atoms with Gasteiger partial charge in [0.2, 0.25) is 0 Å². The average Bonchev–Trinajstić information content (AvgIpc) is 2.80. The highest BCUT2D eigenvalue weighted by Crippen LogP contribution is 2.28. The lowest BCUT2D eigenvalue weighted by molar-refractivity contribution is 0.321. The van der Waals surface area contributed by atoms with Crippen LogP contribution in [-0.4, -0.2) is 11.2 Å². The van der Waals surface area contributed by atoms with E-state index in [0.717, 1.165) is 0 Å². The van der Waals surface area contributed by atoms with Gasteiger partial charge in [-0.25, -0.2) is 4.39 Å². The van der Waals surface area contributed by atoms with Gasteiger partial charge in [-0.05, 0) is 19.1 Å². The second-order valence-corrected chi connectivity index (χ2v) is 3.65. The average molecular weight is 245 g/mol. The Morgan fingerprint density at radius 1 is 1.50 bits per heavy atom. The van der Waals surface area contributed by atoms with E-state index in [0.29, 0.717) is 18.0 Å². The third-order valence-electron chi connectivity index (χ3n) is 2.50. The molecule has 4 nitrogen and oxygen atoms in total. The normalized spacial score (nSPS) is 10.1. The number of halogens is 1. The molecule has 0 fully saturated rings. The molecule has 0 atom stereocenters. The Hall–Kier alpha value is -2.48. The van der Waals surface area contributed by atoms with Crippen molar-refractivity contribution in [2.75, 3.05) is 12.3 Å². The van der Waals surface area contributed by atoms with Crippen LogP contribution >= 0.6 is 0 Å². The Morgan fingerprint density at radius 3 is 2.94 bits per heavy atom. The Bertz CT molecular complexity index is 613. The third-order valence-corrected chi connectivity index (χ3v) is 2.50. The lowest BCUT2D eigenvalue weighted by Gasteiger charge is -2.12. The molecular formula is C13H12FN3O. The summed E-state index contributed by atoms with van der Waals surface area (Å²) in [6, 6.07) is 8.11. The van der Waals surface area contributed by atoms with Crippen molar-refractivity contribution in [2.24, 2.45) is 0 Å². The zero-order valence-corrected chi connectivity index (χ0v) is 9.85. The minimum absolute atomic E-state index is 0.124. The van der Waals surface area contributed by atoms with Gasteiger partial charge in [-0.15, -0.1) is 0 Å². The van der Waals surface area contributed by atoms with E-state index >= 15 is 0 Å². The fourth-order valence-corrected chi connectivity index (χ4v) is 1.71. The number of nitrogen functional groups attached to an aromatic ring is 1. The molecule has 2 N–H and O–H groups in total. The summed E-state index contributed by atoms with van der Waals surface area (Å²) in [6.45, 7) is 2.13. The Balaban J connectivity index is 2.58. The molecule has 5 heteroatoms. The quantitative estimate of drug-likeness (QED) is 0.845. The molecule has 0 amide bonds. The number of anilines is 1. The predicted octanol–water partition coefficient (Wildman–Crippen LogP) is 2.47. The van der Waals surface area contributed by atoms with E-state index in [9.17, 15) is 4.39 Å². The van der Waals surface area contributed by atoms with Crippen molar-refractivity contribution in [2.45, 2.75) is 6.92 Å². The molecule has 1 aromatic heterocycles. The SMILES string of the molecule is CCOc1cc(-n2cccc2C#N)c(N)cc1F. The molecule has 2 aromatic rings. The Morgan fingerprint density at radius 2 is 2.28 bits per heavy atom. The number of nitrogens with zero attached hydrogens (tertiary/aromatic N) is 2. The number of rotatable bonds is 3. The molecule has 1 aromatic carbocycles. The van der Waals surface area contributed by atoms with Crippen molar-refractivity contribution < 1.29 is 9.13 Å². The minimum Gasteiger partial charge on any atom is -0.491 e. The van der Waals surface area contributed by atoms with E-state index in [1.165, 1.54) is 12.1 Å². The van der Waals surface area contributed by atoms with Crippen molar-refractivity contribution >= 4 is 5.69 Å². The van der Waals surface area contributed by atoms with E-state index in [-0.39, 0.29) is 11.4 Å². The van der Waals surface area contributed by atoms with E-state index < -0.39 is 5.82 Å². The zero-order valence-electron chi connectivity index (χ0n) is 9.85. The van der Waals surface area contributed by atoms with Crippen LogP contribution in [0.25, 0.3) is 5.69 Å². The fraction of sp³-hybridized carbons (Fsp3) is 0.154. The Labute approximate surface area is 104 Å². The molecule has 92 valence electrons. The second-order valence-electron chi connectivity index (χ2n) is 3.65. The maximum Gasteiger partial charge on any atom is 0.167 e. The van der Waals surface area contributed by atoms with Gasteiger partial charge in [0.1, 0.15) is 11.8 Å². The molecule has 0 saturated carbocycles. The van der Waals surface area contributed by atoms with E-state index in [2.05, 4.69) is 0 Å². The number of hydrogen-bond acceptors (Lipinski definition) is 3. The summed E-state index contributed by atoms with van der Waals surface area (Å²) in [5.41, 5.74) is 6.98. The maximum atomic E-state index is 13.6. The van der Waals surface area contributed by atoms with Crippen LogP contribution in [0.15, 0.2) is 30.5 Å². The second kappa shape index (κ2) is 4.80. The lowest BCUT2D eigenvalue weighted by atomic mass is 10.2. The number of hydrogen-bond donors (Lipinski definition) is 1. The molecule has 0 aliphatic heterocycles. The zero-order chi connectivity index (χ0) is 13.1. The first-order valence-corrected chi connectivity index (χ1v) is 5.47. The monoisotopic (exact) mass is 245 g/mol. The molecule has 0 unspecified atom stereocenters. The van der Waals surface area contributed by atoms with Gasteiger partial charge in [0.25, 0.3) is 0 Å². The number of benzene rings is 1. The van der Waals surface area contributed by atoms with Gasteiger partial charge in [0.05, 0.1) is 18.0 Å². The molecule has 0 radical (unpaired) electrons. The number of aromatic nitrogens is 1. The lowest BCUT2D eigenvalue weighted by Crippen LogP contribution is -2.04. The van der Waals surface area contributed by atoms with Crippen molar-refractivity contribution in [3.05, 3.63) is 42.0 Å². The van der Waals surface area contributed by atoms with Gasteiger partial charge in [-0.1, -0.05) is 0 Å². The molecule has 0 spiro atoms. The molecule has 1 heterocycles. The number of nitrogens with two attached hydrogens (primary N) is 1. The van der Waals surface area contributed by atoms with Crippen LogP contribution in [0.2, 0.25) is 0 Å². The smallest absolute Gasteiger partial charge is 0.167 e. The van der Waals surface area contributed by atoms with Gasteiger partial charge >= 0.3 is 0 Å². The van der Waals surface area contributed by atoms with Crippen LogP contribution in [0.4, 0.5) is 10.1 Å². The van der Waals surface area contributed by atoms with Gasteiger partial charge in [-0.2, -0.15) is 5.26 Å². The van der Waals surface area contributed by atoms with Crippen molar-refractivity contribution in [3.8, 4) is 17.5 Å². The van der Waals surface area contributed by atoms with Crippen LogP contribution in [0.3, 0.4) is 0 Å². The molecule has 0 aliphatic rings. The molecule has 18 heavy (non-hydrogen) atoms. The number of ether oxygens (including phenoxy) is 1. The van der Waals surface area contributed by atoms with E-state index in [4.69, 9.17) is 15.7 Å². The van der Waals surface area contributed by atoms with Crippen molar-refractivity contribution in [1.29, 1.82) is 5.26 Å². The largest absolute Gasteiger partial charge is 0.491 e. The van der Waals surface area contributed by atoms with Gasteiger partial charge in [0, 0.05) is 18.3 Å².